The van der Waals surface area contributed by atoms with E-state index in [-0.39, 0.29) is 5.92 Å². The van der Waals surface area contributed by atoms with Crippen LogP contribution in [0.2, 0.25) is 0 Å². The fourth-order valence-electron chi connectivity index (χ4n) is 4.54. The zero-order chi connectivity index (χ0) is 19.7. The number of piperidine rings is 2. The van der Waals surface area contributed by atoms with Crippen LogP contribution < -0.4 is 9.64 Å². The summed E-state index contributed by atoms with van der Waals surface area (Å²) in [6.07, 6.45) is 5.43. The first-order chi connectivity index (χ1) is 13.6. The number of hydrogen-bond donors (Lipinski definition) is 0. The Hall–Kier alpha value is -2.37. The molecule has 0 aliphatic carbocycles. The van der Waals surface area contributed by atoms with Crippen molar-refractivity contribution in [2.24, 2.45) is 5.92 Å². The van der Waals surface area contributed by atoms with Crippen LogP contribution in [0.25, 0.3) is 10.9 Å². The number of fused-ring (bicyclic) bond motifs is 1. The van der Waals surface area contributed by atoms with Crippen LogP contribution in [-0.4, -0.2) is 53.6 Å². The number of ether oxygens (including phenoxy) is 1. The second-order valence-corrected chi connectivity index (χ2v) is 8.15. The number of rotatable bonds is 3. The Balaban J connectivity index is 1.56. The number of nitrogens with zero attached hydrogens (tertiary/aromatic N) is 4. The molecule has 0 radical (unpaired) electrons. The SMILES string of the molecule is COc1ccc2c(C)nc(N3CCCC(C(=O)N4CCCCC4C)C3)nc2c1. The van der Waals surface area contributed by atoms with Gasteiger partial charge in [-0.2, -0.15) is 0 Å². The molecule has 1 aromatic heterocycles. The molecule has 2 atom stereocenters. The largest absolute Gasteiger partial charge is 0.497 e. The van der Waals surface area contributed by atoms with E-state index in [1.54, 1.807) is 7.11 Å². The van der Waals surface area contributed by atoms with E-state index in [2.05, 4.69) is 16.7 Å². The lowest BCUT2D eigenvalue weighted by Gasteiger charge is -2.39. The highest BCUT2D eigenvalue weighted by Gasteiger charge is 2.33. The molecule has 0 bridgehead atoms. The van der Waals surface area contributed by atoms with Crippen LogP contribution in [0.4, 0.5) is 5.95 Å². The summed E-state index contributed by atoms with van der Waals surface area (Å²) in [7, 11) is 1.67. The Morgan fingerprint density at radius 3 is 2.79 bits per heavy atom. The van der Waals surface area contributed by atoms with Crippen molar-refractivity contribution in [1.29, 1.82) is 0 Å². The summed E-state index contributed by atoms with van der Waals surface area (Å²) >= 11 is 0. The molecular weight excluding hydrogens is 352 g/mol. The molecule has 3 heterocycles. The summed E-state index contributed by atoms with van der Waals surface area (Å²) in [5.74, 6) is 1.88. The number of likely N-dealkylation sites (tertiary alicyclic amines) is 1. The Morgan fingerprint density at radius 2 is 2.00 bits per heavy atom. The summed E-state index contributed by atoms with van der Waals surface area (Å²) in [5.41, 5.74) is 1.85. The van der Waals surface area contributed by atoms with Crippen LogP contribution in [-0.2, 0) is 4.79 Å². The minimum absolute atomic E-state index is 0.0409. The highest BCUT2D eigenvalue weighted by Crippen LogP contribution is 2.28. The Bertz CT molecular complexity index is 869. The lowest BCUT2D eigenvalue weighted by Crippen LogP contribution is -2.49. The average Bonchev–Trinajstić information content (AvgIpc) is 2.73. The molecule has 28 heavy (non-hydrogen) atoms. The van der Waals surface area contributed by atoms with E-state index >= 15 is 0 Å². The van der Waals surface area contributed by atoms with Crippen molar-refractivity contribution in [3.8, 4) is 5.75 Å². The summed E-state index contributed by atoms with van der Waals surface area (Å²) in [5, 5.41) is 1.04. The molecule has 2 unspecified atom stereocenters. The number of aryl methyl sites for hydroxylation is 1. The van der Waals surface area contributed by atoms with Crippen LogP contribution in [0.3, 0.4) is 0 Å². The fourth-order valence-corrected chi connectivity index (χ4v) is 4.54. The van der Waals surface area contributed by atoms with E-state index in [0.717, 1.165) is 67.1 Å². The van der Waals surface area contributed by atoms with Crippen molar-refractivity contribution in [3.63, 3.8) is 0 Å². The van der Waals surface area contributed by atoms with Gasteiger partial charge in [-0.15, -0.1) is 0 Å². The summed E-state index contributed by atoms with van der Waals surface area (Å²) in [6.45, 7) is 6.70. The quantitative estimate of drug-likeness (QED) is 0.812. The maximum absolute atomic E-state index is 13.1. The van der Waals surface area contributed by atoms with E-state index in [0.29, 0.717) is 18.5 Å². The van der Waals surface area contributed by atoms with Gasteiger partial charge in [0.1, 0.15) is 5.75 Å². The second kappa shape index (κ2) is 7.94. The first kappa shape index (κ1) is 19.0. The lowest BCUT2D eigenvalue weighted by atomic mass is 9.94. The van der Waals surface area contributed by atoms with Crippen LogP contribution in [0.1, 0.15) is 44.7 Å². The predicted octanol–water partition coefficient (Wildman–Crippen LogP) is 3.56. The molecule has 0 saturated carbocycles. The minimum Gasteiger partial charge on any atom is -0.497 e. The molecule has 4 rings (SSSR count). The molecule has 0 spiro atoms. The monoisotopic (exact) mass is 382 g/mol. The highest BCUT2D eigenvalue weighted by atomic mass is 16.5. The number of carbonyl (C=O) groups excluding carboxylic acids is 1. The number of methoxy groups -OCH3 is 1. The molecular formula is C22H30N4O2. The third-order valence-electron chi connectivity index (χ3n) is 6.22. The summed E-state index contributed by atoms with van der Waals surface area (Å²) in [6, 6.07) is 6.26. The molecule has 2 fully saturated rings. The number of anilines is 1. The molecule has 6 nitrogen and oxygen atoms in total. The minimum atomic E-state index is 0.0409. The molecule has 2 aliphatic rings. The number of benzene rings is 1. The van der Waals surface area contributed by atoms with Crippen molar-refractivity contribution < 1.29 is 9.53 Å². The summed E-state index contributed by atoms with van der Waals surface area (Å²) < 4.78 is 5.35. The van der Waals surface area contributed by atoms with Gasteiger partial charge in [-0.05, 0) is 58.1 Å². The number of amides is 1. The van der Waals surface area contributed by atoms with E-state index in [9.17, 15) is 4.79 Å². The van der Waals surface area contributed by atoms with Crippen molar-refractivity contribution in [2.45, 2.75) is 52.0 Å². The Labute approximate surface area is 166 Å². The predicted molar refractivity (Wildman–Crippen MR) is 111 cm³/mol. The van der Waals surface area contributed by atoms with Gasteiger partial charge in [0.05, 0.1) is 24.2 Å². The molecule has 150 valence electrons. The first-order valence-electron chi connectivity index (χ1n) is 10.4. The highest BCUT2D eigenvalue weighted by molar-refractivity contribution is 5.83. The zero-order valence-corrected chi connectivity index (χ0v) is 17.1. The third kappa shape index (κ3) is 3.64. The fraction of sp³-hybridized carbons (Fsp3) is 0.591. The molecule has 1 aromatic carbocycles. The normalized spacial score (nSPS) is 23.1. The van der Waals surface area contributed by atoms with Crippen LogP contribution >= 0.6 is 0 Å². The zero-order valence-electron chi connectivity index (χ0n) is 17.1. The van der Waals surface area contributed by atoms with Gasteiger partial charge in [0.15, 0.2) is 0 Å². The van der Waals surface area contributed by atoms with Gasteiger partial charge >= 0.3 is 0 Å². The Kier molecular flexibility index (Phi) is 5.38. The van der Waals surface area contributed by atoms with Gasteiger partial charge in [-0.3, -0.25) is 4.79 Å². The lowest BCUT2D eigenvalue weighted by molar-refractivity contribution is -0.139. The first-order valence-corrected chi connectivity index (χ1v) is 10.4. The molecule has 6 heteroatoms. The van der Waals surface area contributed by atoms with E-state index in [1.165, 1.54) is 6.42 Å². The van der Waals surface area contributed by atoms with Crippen molar-refractivity contribution in [3.05, 3.63) is 23.9 Å². The molecule has 1 amide bonds. The van der Waals surface area contributed by atoms with Gasteiger partial charge in [0, 0.05) is 37.1 Å². The average molecular weight is 383 g/mol. The van der Waals surface area contributed by atoms with Gasteiger partial charge in [0.2, 0.25) is 11.9 Å². The van der Waals surface area contributed by atoms with Gasteiger partial charge < -0.3 is 14.5 Å². The number of hydrogen-bond acceptors (Lipinski definition) is 5. The van der Waals surface area contributed by atoms with Crippen molar-refractivity contribution >= 4 is 22.8 Å². The van der Waals surface area contributed by atoms with Gasteiger partial charge in [-0.1, -0.05) is 0 Å². The second-order valence-electron chi connectivity index (χ2n) is 8.15. The number of aromatic nitrogens is 2. The third-order valence-corrected chi connectivity index (χ3v) is 6.22. The van der Waals surface area contributed by atoms with Crippen LogP contribution in [0, 0.1) is 12.8 Å². The van der Waals surface area contributed by atoms with Crippen LogP contribution in [0.5, 0.6) is 5.75 Å². The smallest absolute Gasteiger partial charge is 0.227 e. The number of carbonyl (C=O) groups is 1. The molecule has 2 aliphatic heterocycles. The Morgan fingerprint density at radius 1 is 1.14 bits per heavy atom. The van der Waals surface area contributed by atoms with E-state index in [4.69, 9.17) is 14.7 Å². The molecule has 2 aromatic rings. The van der Waals surface area contributed by atoms with Gasteiger partial charge in [0.25, 0.3) is 0 Å². The summed E-state index contributed by atoms with van der Waals surface area (Å²) in [4.78, 5) is 27.0. The topological polar surface area (TPSA) is 58.6 Å². The van der Waals surface area contributed by atoms with Crippen molar-refractivity contribution in [1.82, 2.24) is 14.9 Å². The standard InChI is InChI=1S/C22H30N4O2/c1-15-7-4-5-12-26(15)21(27)17-8-6-11-25(14-17)22-23-16(2)19-10-9-18(28-3)13-20(19)24-22/h9-10,13,15,17H,4-8,11-12,14H2,1-3H3. The van der Waals surface area contributed by atoms with Crippen molar-refractivity contribution in [2.75, 3.05) is 31.6 Å². The van der Waals surface area contributed by atoms with E-state index < -0.39 is 0 Å². The van der Waals surface area contributed by atoms with Gasteiger partial charge in [-0.25, -0.2) is 9.97 Å². The molecule has 0 N–H and O–H groups in total. The molecule has 2 saturated heterocycles. The van der Waals surface area contributed by atoms with E-state index in [1.807, 2.05) is 25.1 Å². The maximum Gasteiger partial charge on any atom is 0.227 e. The van der Waals surface area contributed by atoms with Crippen LogP contribution in [0.15, 0.2) is 18.2 Å². The maximum atomic E-state index is 13.1.